The van der Waals surface area contributed by atoms with E-state index in [4.69, 9.17) is 26.0 Å². The van der Waals surface area contributed by atoms with Crippen molar-refractivity contribution in [2.75, 3.05) is 27.9 Å². The number of hydrogen-bond acceptors (Lipinski definition) is 6. The summed E-state index contributed by atoms with van der Waals surface area (Å²) in [5.41, 5.74) is 2.69. The molecule has 0 bridgehead atoms. The van der Waals surface area contributed by atoms with Gasteiger partial charge in [0.2, 0.25) is 0 Å². The minimum absolute atomic E-state index is 0.104. The van der Waals surface area contributed by atoms with Gasteiger partial charge >= 0.3 is 0 Å². The number of rotatable bonds is 8. The highest BCUT2D eigenvalue weighted by Gasteiger charge is 2.21. The Morgan fingerprint density at radius 1 is 1.13 bits per heavy atom. The van der Waals surface area contributed by atoms with E-state index in [-0.39, 0.29) is 24.8 Å². The lowest BCUT2D eigenvalue weighted by molar-refractivity contribution is -0.117. The molecule has 9 heteroatoms. The fourth-order valence-electron chi connectivity index (χ4n) is 2.40. The van der Waals surface area contributed by atoms with E-state index in [1.807, 2.05) is 53.2 Å². The number of methoxy groups -OCH3 is 1. The van der Waals surface area contributed by atoms with Crippen molar-refractivity contribution in [1.82, 2.24) is 3.11 Å². The molecule has 0 aliphatic heterocycles. The van der Waals surface area contributed by atoms with Crippen LogP contribution in [0.5, 0.6) is 0 Å². The van der Waals surface area contributed by atoms with E-state index in [0.717, 1.165) is 11.1 Å². The van der Waals surface area contributed by atoms with Gasteiger partial charge in [-0.05, 0) is 30.2 Å². The third-order valence-corrected chi connectivity index (χ3v) is 4.50. The van der Waals surface area contributed by atoms with Gasteiger partial charge in [0.1, 0.15) is 13.7 Å². The van der Waals surface area contributed by atoms with Crippen molar-refractivity contribution in [2.24, 2.45) is 10.3 Å². The van der Waals surface area contributed by atoms with Gasteiger partial charge in [0.05, 0.1) is 29.5 Å². The normalized spacial score (nSPS) is 11.4. The topological polar surface area (TPSA) is 72.7 Å². The smallest absolute Gasteiger partial charge is 0.284 e. The Kier molecular flexibility index (Phi) is 10.3. The van der Waals surface area contributed by atoms with Crippen molar-refractivity contribution < 1.29 is 19.2 Å². The maximum atomic E-state index is 12.5. The van der Waals surface area contributed by atoms with Crippen LogP contribution < -0.4 is 0 Å². The first-order valence-corrected chi connectivity index (χ1v) is 10.4. The van der Waals surface area contributed by atoms with Crippen LogP contribution in [0.25, 0.3) is 0 Å². The highest BCUT2D eigenvalue weighted by Crippen LogP contribution is 2.15. The van der Waals surface area contributed by atoms with Crippen LogP contribution in [-0.4, -0.2) is 48.3 Å². The maximum Gasteiger partial charge on any atom is 0.284 e. The molecule has 0 radical (unpaired) electrons. The molecule has 0 spiro atoms. The molecule has 2 aromatic rings. The van der Waals surface area contributed by atoms with Gasteiger partial charge in [-0.25, -0.2) is 0 Å². The van der Waals surface area contributed by atoms with Gasteiger partial charge in [0.25, 0.3) is 5.91 Å². The molecule has 0 saturated heterocycles. The second kappa shape index (κ2) is 12.9. The maximum absolute atomic E-state index is 12.5. The van der Waals surface area contributed by atoms with Crippen LogP contribution in [0.4, 0.5) is 0 Å². The first-order chi connectivity index (χ1) is 15.0. The Balaban J connectivity index is 2.21. The lowest BCUT2D eigenvalue weighted by Gasteiger charge is -2.13. The van der Waals surface area contributed by atoms with Gasteiger partial charge in [-0.1, -0.05) is 52.1 Å². The van der Waals surface area contributed by atoms with Crippen molar-refractivity contribution in [3.8, 4) is 11.8 Å². The third-order valence-electron chi connectivity index (χ3n) is 3.81. The fraction of sp³-hybridized carbons (Fsp3) is 0.227. The molecule has 0 aromatic heterocycles. The Hall–Kier alpha value is -2.61. The molecule has 7 nitrogen and oxygen atoms in total. The van der Waals surface area contributed by atoms with E-state index in [1.165, 1.54) is 10.2 Å². The van der Waals surface area contributed by atoms with E-state index in [2.05, 4.69) is 22.2 Å². The van der Waals surface area contributed by atoms with Gasteiger partial charge < -0.3 is 14.4 Å². The van der Waals surface area contributed by atoms with Crippen LogP contribution in [0.15, 0.2) is 58.8 Å². The molecule has 31 heavy (non-hydrogen) atoms. The highest BCUT2D eigenvalue weighted by atomic mass is 127. The molecule has 0 heterocycles. The van der Waals surface area contributed by atoms with Gasteiger partial charge in [-0.3, -0.25) is 7.91 Å². The predicted octanol–water partition coefficient (Wildman–Crippen LogP) is 4.07. The first-order valence-electron chi connectivity index (χ1n) is 9.04. The molecular formula is C22H21ClIN3O4. The van der Waals surface area contributed by atoms with Crippen LogP contribution in [0.1, 0.15) is 16.7 Å². The van der Waals surface area contributed by atoms with E-state index in [9.17, 15) is 4.79 Å². The van der Waals surface area contributed by atoms with Crippen LogP contribution in [-0.2, 0) is 25.8 Å². The largest absolute Gasteiger partial charge is 0.398 e. The summed E-state index contributed by atoms with van der Waals surface area (Å²) in [6.45, 7) is 0.295. The molecule has 1 amide bonds. The van der Waals surface area contributed by atoms with Crippen molar-refractivity contribution >= 4 is 51.8 Å². The number of halogens is 2. The SMILES string of the molecule is COC/C(C#Cc1ccc(Cl)cc1)=N\OCc1ccccc1/C(=N\OC)C(=O)N(C)I. The summed E-state index contributed by atoms with van der Waals surface area (Å²) in [5, 5.41) is 8.63. The highest BCUT2D eigenvalue weighted by molar-refractivity contribution is 14.1. The standard InChI is InChI=1S/C22H21ClIN3O4/c1-27(24)22(28)21(26-30-3)20-7-5-4-6-17(20)14-31-25-19(15-29-2)13-10-16-8-11-18(23)12-9-16/h4-9,11-12H,14-15H2,1-3H3/b25-19-,26-21+. The number of ether oxygens (including phenoxy) is 1. The van der Waals surface area contributed by atoms with E-state index >= 15 is 0 Å². The molecule has 162 valence electrons. The van der Waals surface area contributed by atoms with E-state index in [0.29, 0.717) is 16.3 Å². The zero-order valence-corrected chi connectivity index (χ0v) is 20.2. The van der Waals surface area contributed by atoms with Crippen LogP contribution >= 0.6 is 34.5 Å². The molecule has 0 atom stereocenters. The van der Waals surface area contributed by atoms with Crippen LogP contribution in [0.3, 0.4) is 0 Å². The molecule has 0 N–H and O–H groups in total. The average molecular weight is 554 g/mol. The van der Waals surface area contributed by atoms with Gasteiger partial charge in [-0.15, -0.1) is 0 Å². The van der Waals surface area contributed by atoms with Gasteiger partial charge in [0, 0.05) is 35.9 Å². The monoisotopic (exact) mass is 553 g/mol. The van der Waals surface area contributed by atoms with Crippen molar-refractivity contribution in [3.05, 3.63) is 70.2 Å². The quantitative estimate of drug-likeness (QED) is 0.162. The van der Waals surface area contributed by atoms with Crippen LogP contribution in [0, 0.1) is 11.8 Å². The summed E-state index contributed by atoms with van der Waals surface area (Å²) < 4.78 is 6.54. The summed E-state index contributed by atoms with van der Waals surface area (Å²) >= 11 is 7.77. The Labute approximate surface area is 200 Å². The third kappa shape index (κ3) is 7.86. The molecule has 2 rings (SSSR count). The molecule has 0 saturated carbocycles. The number of likely N-dealkylation sites (N-methyl/N-ethyl adjacent to an activating group) is 1. The van der Waals surface area contributed by atoms with Crippen molar-refractivity contribution in [3.63, 3.8) is 0 Å². The second-order valence-corrected chi connectivity index (χ2v) is 7.95. The summed E-state index contributed by atoms with van der Waals surface area (Å²) in [6, 6.07) is 14.4. The summed E-state index contributed by atoms with van der Waals surface area (Å²) in [5.74, 6) is 5.63. The van der Waals surface area contributed by atoms with Crippen molar-refractivity contribution in [1.29, 1.82) is 0 Å². The Morgan fingerprint density at radius 3 is 2.48 bits per heavy atom. The minimum atomic E-state index is -0.299. The number of benzene rings is 2. The fourth-order valence-corrected chi connectivity index (χ4v) is 2.75. The molecule has 0 aliphatic carbocycles. The number of nitrogens with zero attached hydrogens (tertiary/aromatic N) is 3. The lowest BCUT2D eigenvalue weighted by atomic mass is 10.0. The van der Waals surface area contributed by atoms with Gasteiger partial charge in [-0.2, -0.15) is 0 Å². The van der Waals surface area contributed by atoms with Gasteiger partial charge in [0.15, 0.2) is 11.4 Å². The van der Waals surface area contributed by atoms with Crippen molar-refractivity contribution in [2.45, 2.75) is 6.61 Å². The Bertz CT molecular complexity index is 1010. The van der Waals surface area contributed by atoms with Crippen LogP contribution in [0.2, 0.25) is 5.02 Å². The average Bonchev–Trinajstić information content (AvgIpc) is 2.77. The molecule has 0 aliphatic rings. The lowest BCUT2D eigenvalue weighted by Crippen LogP contribution is -2.27. The molecule has 0 fully saturated rings. The summed E-state index contributed by atoms with van der Waals surface area (Å²) in [6.07, 6.45) is 0. The number of carbonyl (C=O) groups is 1. The number of oxime groups is 2. The molecule has 2 aromatic carbocycles. The summed E-state index contributed by atoms with van der Waals surface area (Å²) in [7, 11) is 4.57. The zero-order valence-electron chi connectivity index (χ0n) is 17.3. The first kappa shape index (κ1) is 24.7. The summed E-state index contributed by atoms with van der Waals surface area (Å²) in [4.78, 5) is 22.9. The Morgan fingerprint density at radius 2 is 1.84 bits per heavy atom. The number of hydrogen-bond donors (Lipinski definition) is 0. The van der Waals surface area contributed by atoms with E-state index < -0.39 is 0 Å². The molecule has 0 unspecified atom stereocenters. The van der Waals surface area contributed by atoms with E-state index in [1.54, 1.807) is 32.4 Å². The number of amides is 1. The number of carbonyl (C=O) groups excluding carboxylic acids is 1. The second-order valence-electron chi connectivity index (χ2n) is 6.06. The minimum Gasteiger partial charge on any atom is -0.398 e. The predicted molar refractivity (Wildman–Crippen MR) is 129 cm³/mol. The molecular weight excluding hydrogens is 533 g/mol. The zero-order chi connectivity index (χ0) is 22.6.